The number of alkyl halides is 1. The van der Waals surface area contributed by atoms with E-state index in [0.29, 0.717) is 12.0 Å². The highest BCUT2D eigenvalue weighted by Crippen LogP contribution is 2.40. The van der Waals surface area contributed by atoms with Crippen molar-refractivity contribution >= 4 is 38.6 Å². The smallest absolute Gasteiger partial charge is 0.127 e. The monoisotopic (exact) mass is 340 g/mol. The molecule has 4 heteroatoms. The maximum absolute atomic E-state index is 6.35. The Morgan fingerprint density at radius 2 is 2.21 bits per heavy atom. The van der Waals surface area contributed by atoms with Gasteiger partial charge in [0, 0.05) is 10.5 Å². The highest BCUT2D eigenvalue weighted by Gasteiger charge is 2.29. The van der Waals surface area contributed by atoms with Crippen LogP contribution in [0.2, 0.25) is 0 Å². The van der Waals surface area contributed by atoms with E-state index in [1.165, 1.54) is 24.8 Å². The number of imidazole rings is 1. The van der Waals surface area contributed by atoms with Crippen LogP contribution in [0.25, 0.3) is 11.0 Å². The Hall–Kier alpha value is -0.540. The number of benzene rings is 1. The lowest BCUT2D eigenvalue weighted by Gasteiger charge is -2.21. The van der Waals surface area contributed by atoms with Crippen LogP contribution in [0.15, 0.2) is 22.7 Å². The molecule has 1 fully saturated rings. The minimum atomic E-state index is -0.0565. The molecule has 1 aliphatic carbocycles. The fourth-order valence-corrected chi connectivity index (χ4v) is 3.73. The molecule has 0 amide bonds. The van der Waals surface area contributed by atoms with Crippen LogP contribution in [-0.4, -0.2) is 9.55 Å². The molecule has 0 radical (unpaired) electrons. The standard InChI is InChI=1S/C15H18BrClN2/c1-9-4-3-5-13(9)19-14-7-6-11(16)8-12(14)18-15(19)10(2)17/h6-10,13H,3-5H2,1-2H3. The van der Waals surface area contributed by atoms with Crippen molar-refractivity contribution in [3.63, 3.8) is 0 Å². The molecule has 0 bridgehead atoms. The molecule has 19 heavy (non-hydrogen) atoms. The predicted molar refractivity (Wildman–Crippen MR) is 83.8 cm³/mol. The SMILES string of the molecule is CC(Cl)c1nc2cc(Br)ccc2n1C1CCCC1C. The van der Waals surface area contributed by atoms with Crippen LogP contribution < -0.4 is 0 Å². The lowest BCUT2D eigenvalue weighted by Crippen LogP contribution is -2.15. The van der Waals surface area contributed by atoms with Crippen molar-refractivity contribution in [3.05, 3.63) is 28.5 Å². The van der Waals surface area contributed by atoms with E-state index in [4.69, 9.17) is 16.6 Å². The molecule has 3 unspecified atom stereocenters. The molecule has 1 aliphatic rings. The van der Waals surface area contributed by atoms with Crippen molar-refractivity contribution in [2.24, 2.45) is 5.92 Å². The van der Waals surface area contributed by atoms with Crippen LogP contribution >= 0.6 is 27.5 Å². The largest absolute Gasteiger partial charge is 0.323 e. The molecule has 102 valence electrons. The van der Waals surface area contributed by atoms with E-state index in [0.717, 1.165) is 15.8 Å². The van der Waals surface area contributed by atoms with Gasteiger partial charge in [0.25, 0.3) is 0 Å². The van der Waals surface area contributed by atoms with Crippen molar-refractivity contribution in [1.29, 1.82) is 0 Å². The second kappa shape index (κ2) is 5.10. The summed E-state index contributed by atoms with van der Waals surface area (Å²) in [6, 6.07) is 6.86. The minimum absolute atomic E-state index is 0.0565. The molecule has 3 atom stereocenters. The van der Waals surface area contributed by atoms with Crippen LogP contribution in [-0.2, 0) is 0 Å². The number of rotatable bonds is 2. The van der Waals surface area contributed by atoms with E-state index in [1.807, 2.05) is 6.92 Å². The first-order chi connectivity index (χ1) is 9.08. The Morgan fingerprint density at radius 3 is 2.84 bits per heavy atom. The van der Waals surface area contributed by atoms with Gasteiger partial charge in [0.1, 0.15) is 5.82 Å². The molecule has 1 heterocycles. The first-order valence-corrected chi connectivity index (χ1v) is 8.12. The molecule has 1 aromatic heterocycles. The predicted octanol–water partition coefficient (Wildman–Crippen LogP) is 5.46. The summed E-state index contributed by atoms with van der Waals surface area (Å²) >= 11 is 9.87. The van der Waals surface area contributed by atoms with Gasteiger partial charge in [-0.25, -0.2) is 4.98 Å². The average Bonchev–Trinajstić information content (AvgIpc) is 2.91. The van der Waals surface area contributed by atoms with Gasteiger partial charge in [0.15, 0.2) is 0 Å². The Labute approximate surface area is 127 Å². The molecule has 3 rings (SSSR count). The molecular weight excluding hydrogens is 324 g/mol. The molecule has 0 spiro atoms. The summed E-state index contributed by atoms with van der Waals surface area (Å²) in [6.45, 7) is 4.35. The van der Waals surface area contributed by atoms with Crippen molar-refractivity contribution in [3.8, 4) is 0 Å². The average molecular weight is 342 g/mol. The van der Waals surface area contributed by atoms with Crippen molar-refractivity contribution in [1.82, 2.24) is 9.55 Å². The van der Waals surface area contributed by atoms with Crippen LogP contribution in [0.1, 0.15) is 50.4 Å². The fraction of sp³-hybridized carbons (Fsp3) is 0.533. The van der Waals surface area contributed by atoms with Gasteiger partial charge in [-0.3, -0.25) is 0 Å². The zero-order chi connectivity index (χ0) is 13.6. The van der Waals surface area contributed by atoms with Crippen molar-refractivity contribution in [2.45, 2.75) is 44.5 Å². The first-order valence-electron chi connectivity index (χ1n) is 6.89. The van der Waals surface area contributed by atoms with E-state index in [2.05, 4.69) is 45.6 Å². The Balaban J connectivity index is 2.22. The normalized spacial score (nSPS) is 25.1. The maximum Gasteiger partial charge on any atom is 0.127 e. The Morgan fingerprint density at radius 1 is 1.42 bits per heavy atom. The van der Waals surface area contributed by atoms with Crippen molar-refractivity contribution in [2.75, 3.05) is 0 Å². The van der Waals surface area contributed by atoms with E-state index in [-0.39, 0.29) is 5.38 Å². The van der Waals surface area contributed by atoms with Gasteiger partial charge in [-0.1, -0.05) is 29.3 Å². The molecule has 2 aromatic rings. The van der Waals surface area contributed by atoms with Gasteiger partial charge in [0.05, 0.1) is 16.4 Å². The topological polar surface area (TPSA) is 17.8 Å². The zero-order valence-electron chi connectivity index (χ0n) is 11.2. The molecular formula is C15H18BrClN2. The lowest BCUT2D eigenvalue weighted by atomic mass is 10.1. The minimum Gasteiger partial charge on any atom is -0.323 e. The Kier molecular flexibility index (Phi) is 3.61. The second-order valence-corrected chi connectivity index (χ2v) is 7.13. The van der Waals surface area contributed by atoms with E-state index in [1.54, 1.807) is 0 Å². The summed E-state index contributed by atoms with van der Waals surface area (Å²) < 4.78 is 3.45. The summed E-state index contributed by atoms with van der Waals surface area (Å²) in [6.07, 6.45) is 3.84. The third kappa shape index (κ3) is 2.31. The van der Waals surface area contributed by atoms with E-state index < -0.39 is 0 Å². The molecule has 0 saturated heterocycles. The summed E-state index contributed by atoms with van der Waals surface area (Å²) in [5.74, 6) is 1.71. The summed E-state index contributed by atoms with van der Waals surface area (Å²) in [5.41, 5.74) is 2.25. The molecule has 2 nitrogen and oxygen atoms in total. The maximum atomic E-state index is 6.35. The fourth-order valence-electron chi connectivity index (χ4n) is 3.23. The zero-order valence-corrected chi connectivity index (χ0v) is 13.6. The third-order valence-corrected chi connectivity index (χ3v) is 4.87. The highest BCUT2D eigenvalue weighted by molar-refractivity contribution is 9.10. The quantitative estimate of drug-likeness (QED) is 0.663. The van der Waals surface area contributed by atoms with Gasteiger partial charge in [-0.15, -0.1) is 11.6 Å². The van der Waals surface area contributed by atoms with Crippen LogP contribution in [0, 0.1) is 5.92 Å². The third-order valence-electron chi connectivity index (χ3n) is 4.18. The summed E-state index contributed by atoms with van der Waals surface area (Å²) in [7, 11) is 0. The van der Waals surface area contributed by atoms with Gasteiger partial charge in [-0.05, 0) is 43.9 Å². The number of hydrogen-bond donors (Lipinski definition) is 0. The number of fused-ring (bicyclic) bond motifs is 1. The van der Waals surface area contributed by atoms with Gasteiger partial charge in [-0.2, -0.15) is 0 Å². The summed E-state index contributed by atoms with van der Waals surface area (Å²) in [5, 5.41) is -0.0565. The van der Waals surface area contributed by atoms with Crippen LogP contribution in [0.5, 0.6) is 0 Å². The van der Waals surface area contributed by atoms with E-state index >= 15 is 0 Å². The lowest BCUT2D eigenvalue weighted by molar-refractivity contribution is 0.405. The van der Waals surface area contributed by atoms with Gasteiger partial charge in [0.2, 0.25) is 0 Å². The highest BCUT2D eigenvalue weighted by atomic mass is 79.9. The first kappa shape index (κ1) is 13.4. The van der Waals surface area contributed by atoms with Crippen molar-refractivity contribution < 1.29 is 0 Å². The number of aromatic nitrogens is 2. The molecule has 0 aliphatic heterocycles. The molecule has 0 N–H and O–H groups in total. The molecule has 1 saturated carbocycles. The number of halogens is 2. The number of hydrogen-bond acceptors (Lipinski definition) is 1. The van der Waals surface area contributed by atoms with Crippen LogP contribution in [0.3, 0.4) is 0 Å². The van der Waals surface area contributed by atoms with Crippen LogP contribution in [0.4, 0.5) is 0 Å². The van der Waals surface area contributed by atoms with Gasteiger partial charge >= 0.3 is 0 Å². The summed E-state index contributed by atoms with van der Waals surface area (Å²) in [4.78, 5) is 4.75. The van der Waals surface area contributed by atoms with Gasteiger partial charge < -0.3 is 4.57 Å². The Bertz CT molecular complexity index is 605. The second-order valence-electron chi connectivity index (χ2n) is 5.56. The molecule has 1 aromatic carbocycles. The van der Waals surface area contributed by atoms with E-state index in [9.17, 15) is 0 Å². The number of nitrogens with zero attached hydrogens (tertiary/aromatic N) is 2.